The largest absolute Gasteiger partial charge is 0.326 e. The normalized spacial score (nSPS) is 18.4. The zero-order valence-corrected chi connectivity index (χ0v) is 18.4. The lowest BCUT2D eigenvalue weighted by Crippen LogP contribution is -2.41. The van der Waals surface area contributed by atoms with E-state index in [2.05, 4.69) is 5.32 Å². The van der Waals surface area contributed by atoms with Gasteiger partial charge in [-0.2, -0.15) is 4.31 Å². The molecular weight excluding hydrogens is 414 g/mol. The SMILES string of the molecule is Cc1cc(NC(=O)C2CCN(S(=O)(=O)c3ccccc3)CC2)ccc1N1CCCC1=O. The van der Waals surface area contributed by atoms with Crippen LogP contribution in [-0.4, -0.2) is 44.2 Å². The zero-order chi connectivity index (χ0) is 22.0. The van der Waals surface area contributed by atoms with Crippen molar-refractivity contribution in [3.8, 4) is 0 Å². The third-order valence-corrected chi connectivity index (χ3v) is 7.95. The summed E-state index contributed by atoms with van der Waals surface area (Å²) in [4.78, 5) is 26.8. The van der Waals surface area contributed by atoms with E-state index in [4.69, 9.17) is 0 Å². The summed E-state index contributed by atoms with van der Waals surface area (Å²) in [6, 6.07) is 14.0. The van der Waals surface area contributed by atoms with Gasteiger partial charge in [-0.3, -0.25) is 9.59 Å². The third-order valence-electron chi connectivity index (χ3n) is 6.03. The van der Waals surface area contributed by atoms with Crippen LogP contribution in [0, 0.1) is 12.8 Å². The molecule has 4 rings (SSSR count). The lowest BCUT2D eigenvalue weighted by Gasteiger charge is -2.30. The van der Waals surface area contributed by atoms with E-state index in [1.54, 1.807) is 35.2 Å². The van der Waals surface area contributed by atoms with Crippen molar-refractivity contribution in [2.75, 3.05) is 29.9 Å². The van der Waals surface area contributed by atoms with Crippen LogP contribution in [0.4, 0.5) is 11.4 Å². The first kappa shape index (κ1) is 21.5. The van der Waals surface area contributed by atoms with E-state index in [0.29, 0.717) is 38.0 Å². The number of piperidine rings is 1. The number of hydrogen-bond acceptors (Lipinski definition) is 4. The molecule has 0 saturated carbocycles. The average molecular weight is 442 g/mol. The Hall–Kier alpha value is -2.71. The highest BCUT2D eigenvalue weighted by Gasteiger charge is 2.32. The second kappa shape index (κ2) is 8.80. The van der Waals surface area contributed by atoms with Crippen molar-refractivity contribution in [2.45, 2.75) is 37.5 Å². The van der Waals surface area contributed by atoms with Crippen molar-refractivity contribution in [2.24, 2.45) is 5.92 Å². The molecule has 2 aromatic carbocycles. The number of carbonyl (C=O) groups is 2. The van der Waals surface area contributed by atoms with Gasteiger partial charge in [-0.05, 0) is 62.1 Å². The van der Waals surface area contributed by atoms with Crippen molar-refractivity contribution < 1.29 is 18.0 Å². The van der Waals surface area contributed by atoms with Gasteiger partial charge in [-0.25, -0.2) is 8.42 Å². The molecule has 0 atom stereocenters. The summed E-state index contributed by atoms with van der Waals surface area (Å²) in [5, 5.41) is 2.96. The number of anilines is 2. The van der Waals surface area contributed by atoms with Gasteiger partial charge in [-0.1, -0.05) is 18.2 Å². The van der Waals surface area contributed by atoms with Crippen molar-refractivity contribution in [1.29, 1.82) is 0 Å². The highest BCUT2D eigenvalue weighted by molar-refractivity contribution is 7.89. The van der Waals surface area contributed by atoms with E-state index in [9.17, 15) is 18.0 Å². The lowest BCUT2D eigenvalue weighted by molar-refractivity contribution is -0.121. The predicted molar refractivity (Wildman–Crippen MR) is 119 cm³/mol. The fourth-order valence-electron chi connectivity index (χ4n) is 4.28. The molecule has 2 heterocycles. The molecule has 0 spiro atoms. The van der Waals surface area contributed by atoms with Crippen LogP contribution in [0.25, 0.3) is 0 Å². The number of nitrogens with zero attached hydrogens (tertiary/aromatic N) is 2. The van der Waals surface area contributed by atoms with E-state index < -0.39 is 10.0 Å². The minimum absolute atomic E-state index is 0.0962. The number of amides is 2. The summed E-state index contributed by atoms with van der Waals surface area (Å²) in [6.45, 7) is 3.31. The Balaban J connectivity index is 1.36. The van der Waals surface area contributed by atoms with Crippen LogP contribution in [0.2, 0.25) is 0 Å². The van der Waals surface area contributed by atoms with Crippen molar-refractivity contribution in [3.05, 3.63) is 54.1 Å². The van der Waals surface area contributed by atoms with Crippen molar-refractivity contribution in [3.63, 3.8) is 0 Å². The second-order valence-corrected chi connectivity index (χ2v) is 10.1. The van der Waals surface area contributed by atoms with E-state index in [-0.39, 0.29) is 22.6 Å². The molecule has 0 aromatic heterocycles. The standard InChI is InChI=1S/C23H27N3O4S/c1-17-16-19(9-10-21(17)26-13-5-8-22(26)27)24-23(28)18-11-14-25(15-12-18)31(29,30)20-6-3-2-4-7-20/h2-4,6-7,9-10,16,18H,5,8,11-15H2,1H3,(H,24,28). The highest BCUT2D eigenvalue weighted by Crippen LogP contribution is 2.29. The average Bonchev–Trinajstić information content (AvgIpc) is 3.20. The molecule has 2 aromatic rings. The molecule has 8 heteroatoms. The van der Waals surface area contributed by atoms with Crippen LogP contribution in [0.15, 0.2) is 53.4 Å². The van der Waals surface area contributed by atoms with Gasteiger partial charge in [-0.15, -0.1) is 0 Å². The number of aryl methyl sites for hydroxylation is 1. The zero-order valence-electron chi connectivity index (χ0n) is 17.6. The van der Waals surface area contributed by atoms with Gasteiger partial charge in [0.15, 0.2) is 0 Å². The number of carbonyl (C=O) groups excluding carboxylic acids is 2. The Morgan fingerprint density at radius 1 is 1.03 bits per heavy atom. The molecule has 0 bridgehead atoms. The van der Waals surface area contributed by atoms with Gasteiger partial charge in [0.25, 0.3) is 0 Å². The molecule has 164 valence electrons. The first-order valence-corrected chi connectivity index (χ1v) is 12.1. The quantitative estimate of drug-likeness (QED) is 0.772. The highest BCUT2D eigenvalue weighted by atomic mass is 32.2. The smallest absolute Gasteiger partial charge is 0.243 e. The lowest BCUT2D eigenvalue weighted by atomic mass is 9.97. The van der Waals surface area contributed by atoms with E-state index >= 15 is 0 Å². The number of rotatable bonds is 5. The molecule has 0 aliphatic carbocycles. The first-order chi connectivity index (χ1) is 14.9. The van der Waals surface area contributed by atoms with Gasteiger partial charge in [0.1, 0.15) is 0 Å². The van der Waals surface area contributed by atoms with E-state index in [1.165, 1.54) is 4.31 Å². The Morgan fingerprint density at radius 3 is 2.35 bits per heavy atom. The molecule has 2 aliphatic rings. The monoisotopic (exact) mass is 441 g/mol. The van der Waals surface area contributed by atoms with Crippen molar-refractivity contribution >= 4 is 33.2 Å². The minimum atomic E-state index is -3.52. The molecule has 2 fully saturated rings. The topological polar surface area (TPSA) is 86.8 Å². The van der Waals surface area contributed by atoms with Gasteiger partial charge < -0.3 is 10.2 Å². The summed E-state index contributed by atoms with van der Waals surface area (Å²) >= 11 is 0. The number of benzene rings is 2. The Kier molecular flexibility index (Phi) is 6.11. The van der Waals surface area contributed by atoms with Crippen LogP contribution < -0.4 is 10.2 Å². The molecular formula is C23H27N3O4S. The molecule has 1 N–H and O–H groups in total. The van der Waals surface area contributed by atoms with Crippen LogP contribution in [-0.2, 0) is 19.6 Å². The van der Waals surface area contributed by atoms with Crippen LogP contribution in [0.5, 0.6) is 0 Å². The summed E-state index contributed by atoms with van der Waals surface area (Å²) in [5.74, 6) is -0.194. The number of hydrogen-bond donors (Lipinski definition) is 1. The maximum atomic E-state index is 12.8. The molecule has 7 nitrogen and oxygen atoms in total. The Labute approximate surface area is 183 Å². The molecule has 0 unspecified atom stereocenters. The Morgan fingerprint density at radius 2 is 1.74 bits per heavy atom. The first-order valence-electron chi connectivity index (χ1n) is 10.6. The number of nitrogens with one attached hydrogen (secondary N) is 1. The van der Waals surface area contributed by atoms with Gasteiger partial charge in [0, 0.05) is 43.3 Å². The Bertz CT molecular complexity index is 1080. The van der Waals surface area contributed by atoms with E-state index in [1.807, 2.05) is 25.1 Å². The van der Waals surface area contributed by atoms with Crippen molar-refractivity contribution in [1.82, 2.24) is 4.31 Å². The van der Waals surface area contributed by atoms with Gasteiger partial charge >= 0.3 is 0 Å². The van der Waals surface area contributed by atoms with Crippen LogP contribution >= 0.6 is 0 Å². The number of sulfonamides is 1. The third kappa shape index (κ3) is 4.50. The molecule has 2 saturated heterocycles. The summed E-state index contributed by atoms with van der Waals surface area (Å²) < 4.78 is 27.0. The fourth-order valence-corrected chi connectivity index (χ4v) is 5.77. The van der Waals surface area contributed by atoms with Gasteiger partial charge in [0.2, 0.25) is 21.8 Å². The minimum Gasteiger partial charge on any atom is -0.326 e. The predicted octanol–water partition coefficient (Wildman–Crippen LogP) is 3.16. The van der Waals surface area contributed by atoms with Crippen LogP contribution in [0.3, 0.4) is 0 Å². The molecule has 2 amide bonds. The fraction of sp³-hybridized carbons (Fsp3) is 0.391. The summed E-state index contributed by atoms with van der Waals surface area (Å²) in [7, 11) is -3.52. The summed E-state index contributed by atoms with van der Waals surface area (Å²) in [6.07, 6.45) is 2.42. The molecule has 2 aliphatic heterocycles. The maximum absolute atomic E-state index is 12.8. The second-order valence-electron chi connectivity index (χ2n) is 8.13. The van der Waals surface area contributed by atoms with Gasteiger partial charge in [0.05, 0.1) is 4.90 Å². The molecule has 31 heavy (non-hydrogen) atoms. The van der Waals surface area contributed by atoms with Crippen LogP contribution in [0.1, 0.15) is 31.2 Å². The maximum Gasteiger partial charge on any atom is 0.243 e. The van der Waals surface area contributed by atoms with E-state index in [0.717, 1.165) is 24.2 Å². The molecule has 0 radical (unpaired) electrons. The summed E-state index contributed by atoms with van der Waals surface area (Å²) in [5.41, 5.74) is 2.52.